The van der Waals surface area contributed by atoms with Crippen molar-refractivity contribution in [3.63, 3.8) is 0 Å². The predicted octanol–water partition coefficient (Wildman–Crippen LogP) is 2.95. The van der Waals surface area contributed by atoms with Crippen LogP contribution >= 0.6 is 0 Å². The molecule has 1 aliphatic heterocycles. The van der Waals surface area contributed by atoms with Crippen molar-refractivity contribution in [2.45, 2.75) is 32.9 Å². The van der Waals surface area contributed by atoms with Gasteiger partial charge in [-0.2, -0.15) is 0 Å². The normalized spacial score (nSPS) is 16.8. The van der Waals surface area contributed by atoms with Gasteiger partial charge in [0.15, 0.2) is 0 Å². The lowest BCUT2D eigenvalue weighted by atomic mass is 10.1. The quantitative estimate of drug-likeness (QED) is 0.730. The van der Waals surface area contributed by atoms with E-state index in [0.29, 0.717) is 12.6 Å². The summed E-state index contributed by atoms with van der Waals surface area (Å²) >= 11 is 0. The minimum absolute atomic E-state index is 0.0196. The fraction of sp³-hybridized carbons (Fsp3) is 0.263. The van der Waals surface area contributed by atoms with Gasteiger partial charge in [0, 0.05) is 24.0 Å². The number of aryl methyl sites for hydroxylation is 1. The standard InChI is InChI=1S/C19H19N3O/c1-13-6-5-9-21-18(23)11-16(20-19(13)21)12-22-14(2)10-15-7-3-4-8-17(15)22/h3-9,11,14H,10,12H2,1-2H3/t14-/m1/s1. The Bertz CT molecular complexity index is 945. The molecular weight excluding hydrogens is 286 g/mol. The van der Waals surface area contributed by atoms with E-state index in [0.717, 1.165) is 23.3 Å². The molecule has 3 aromatic rings. The van der Waals surface area contributed by atoms with E-state index in [2.05, 4.69) is 36.1 Å². The minimum atomic E-state index is -0.0196. The maximum atomic E-state index is 12.4. The molecule has 4 nitrogen and oxygen atoms in total. The summed E-state index contributed by atoms with van der Waals surface area (Å²) in [5.74, 6) is 0. The van der Waals surface area contributed by atoms with Crippen LogP contribution in [0.4, 0.5) is 5.69 Å². The summed E-state index contributed by atoms with van der Waals surface area (Å²) < 4.78 is 1.61. The number of rotatable bonds is 2. The van der Waals surface area contributed by atoms with Gasteiger partial charge in [0.25, 0.3) is 5.56 Å². The van der Waals surface area contributed by atoms with Crippen LogP contribution in [0.2, 0.25) is 0 Å². The third-order valence-electron chi connectivity index (χ3n) is 4.62. The lowest BCUT2D eigenvalue weighted by Crippen LogP contribution is -2.30. The SMILES string of the molecule is Cc1cccn2c(=O)cc(CN3c4ccccc4C[C@H]3C)nc12. The first-order chi connectivity index (χ1) is 11.1. The van der Waals surface area contributed by atoms with Crippen LogP contribution in [0, 0.1) is 6.92 Å². The van der Waals surface area contributed by atoms with Crippen LogP contribution in [0.3, 0.4) is 0 Å². The van der Waals surface area contributed by atoms with Gasteiger partial charge in [0.2, 0.25) is 0 Å². The first-order valence-corrected chi connectivity index (χ1v) is 7.96. The molecule has 4 rings (SSSR count). The zero-order valence-electron chi connectivity index (χ0n) is 13.4. The highest BCUT2D eigenvalue weighted by Crippen LogP contribution is 2.32. The number of benzene rings is 1. The fourth-order valence-electron chi connectivity index (χ4n) is 3.43. The summed E-state index contributed by atoms with van der Waals surface area (Å²) in [5, 5.41) is 0. The van der Waals surface area contributed by atoms with Gasteiger partial charge in [0.05, 0.1) is 12.2 Å². The molecule has 0 amide bonds. The van der Waals surface area contributed by atoms with E-state index >= 15 is 0 Å². The number of anilines is 1. The Kier molecular flexibility index (Phi) is 3.18. The van der Waals surface area contributed by atoms with Crippen LogP contribution in [0.5, 0.6) is 0 Å². The van der Waals surface area contributed by atoms with Crippen LogP contribution in [0.1, 0.15) is 23.7 Å². The first-order valence-electron chi connectivity index (χ1n) is 7.96. The average molecular weight is 305 g/mol. The number of hydrogen-bond donors (Lipinski definition) is 0. The number of pyridine rings is 1. The Labute approximate surface area is 135 Å². The molecule has 0 radical (unpaired) electrons. The monoisotopic (exact) mass is 305 g/mol. The van der Waals surface area contributed by atoms with E-state index in [1.807, 2.05) is 19.1 Å². The van der Waals surface area contributed by atoms with Crippen molar-refractivity contribution < 1.29 is 0 Å². The van der Waals surface area contributed by atoms with Gasteiger partial charge < -0.3 is 4.90 Å². The number of fused-ring (bicyclic) bond motifs is 2. The Balaban J connectivity index is 1.77. The third kappa shape index (κ3) is 2.31. The summed E-state index contributed by atoms with van der Waals surface area (Å²) in [6, 6.07) is 14.4. The van der Waals surface area contributed by atoms with Gasteiger partial charge in [-0.1, -0.05) is 24.3 Å². The second-order valence-corrected chi connectivity index (χ2v) is 6.28. The largest absolute Gasteiger partial charge is 0.362 e. The van der Waals surface area contributed by atoms with Gasteiger partial charge in [-0.15, -0.1) is 0 Å². The maximum Gasteiger partial charge on any atom is 0.258 e. The molecule has 1 aromatic carbocycles. The molecule has 0 N–H and O–H groups in total. The Morgan fingerprint density at radius 2 is 2.04 bits per heavy atom. The van der Waals surface area contributed by atoms with E-state index in [1.54, 1.807) is 16.7 Å². The average Bonchev–Trinajstić information content (AvgIpc) is 2.85. The lowest BCUT2D eigenvalue weighted by molar-refractivity contribution is 0.664. The summed E-state index contributed by atoms with van der Waals surface area (Å²) in [7, 11) is 0. The third-order valence-corrected chi connectivity index (χ3v) is 4.62. The Hall–Kier alpha value is -2.62. The zero-order valence-corrected chi connectivity index (χ0v) is 13.4. The van der Waals surface area contributed by atoms with Gasteiger partial charge in [-0.3, -0.25) is 9.20 Å². The summed E-state index contributed by atoms with van der Waals surface area (Å²) in [5.41, 5.74) is 5.19. The van der Waals surface area contributed by atoms with Gasteiger partial charge in [-0.25, -0.2) is 4.98 Å². The molecule has 3 heterocycles. The fourth-order valence-corrected chi connectivity index (χ4v) is 3.43. The van der Waals surface area contributed by atoms with E-state index in [4.69, 9.17) is 4.98 Å². The number of aromatic nitrogens is 2. The molecule has 4 heteroatoms. The van der Waals surface area contributed by atoms with E-state index in [9.17, 15) is 4.79 Å². The molecule has 0 bridgehead atoms. The molecule has 0 spiro atoms. The molecule has 23 heavy (non-hydrogen) atoms. The number of nitrogens with zero attached hydrogens (tertiary/aromatic N) is 3. The highest BCUT2D eigenvalue weighted by atomic mass is 16.1. The van der Waals surface area contributed by atoms with E-state index < -0.39 is 0 Å². The minimum Gasteiger partial charge on any atom is -0.362 e. The van der Waals surface area contributed by atoms with Crippen LogP contribution in [0.15, 0.2) is 53.5 Å². The Morgan fingerprint density at radius 1 is 1.22 bits per heavy atom. The summed E-state index contributed by atoms with van der Waals surface area (Å²) in [6.45, 7) is 4.87. The van der Waals surface area contributed by atoms with Crippen LogP contribution in [0.25, 0.3) is 5.65 Å². The van der Waals surface area contributed by atoms with E-state index in [-0.39, 0.29) is 5.56 Å². The van der Waals surface area contributed by atoms with Crippen molar-refractivity contribution in [3.05, 3.63) is 75.8 Å². The lowest BCUT2D eigenvalue weighted by Gasteiger charge is -2.24. The van der Waals surface area contributed by atoms with Crippen molar-refractivity contribution in [1.29, 1.82) is 0 Å². The number of para-hydroxylation sites is 1. The molecule has 0 fully saturated rings. The van der Waals surface area contributed by atoms with Gasteiger partial charge >= 0.3 is 0 Å². The van der Waals surface area contributed by atoms with Crippen LogP contribution in [-0.4, -0.2) is 15.4 Å². The van der Waals surface area contributed by atoms with Crippen LogP contribution < -0.4 is 10.5 Å². The van der Waals surface area contributed by atoms with Crippen molar-refractivity contribution in [1.82, 2.24) is 9.38 Å². The molecule has 116 valence electrons. The predicted molar refractivity (Wildman–Crippen MR) is 92.0 cm³/mol. The van der Waals surface area contributed by atoms with Gasteiger partial charge in [-0.05, 0) is 43.5 Å². The topological polar surface area (TPSA) is 37.6 Å². The molecule has 0 saturated heterocycles. The highest BCUT2D eigenvalue weighted by molar-refractivity contribution is 5.59. The van der Waals surface area contributed by atoms with Crippen molar-refractivity contribution in [3.8, 4) is 0 Å². The van der Waals surface area contributed by atoms with E-state index in [1.165, 1.54) is 11.3 Å². The van der Waals surface area contributed by atoms with Crippen molar-refractivity contribution in [2.75, 3.05) is 4.90 Å². The smallest absolute Gasteiger partial charge is 0.258 e. The molecule has 1 aliphatic rings. The number of hydrogen-bond acceptors (Lipinski definition) is 3. The second-order valence-electron chi connectivity index (χ2n) is 6.28. The van der Waals surface area contributed by atoms with Crippen LogP contribution in [-0.2, 0) is 13.0 Å². The molecule has 0 unspecified atom stereocenters. The molecule has 2 aromatic heterocycles. The second kappa shape index (κ2) is 5.23. The summed E-state index contributed by atoms with van der Waals surface area (Å²) in [6.07, 6.45) is 2.82. The van der Waals surface area contributed by atoms with Gasteiger partial charge in [0.1, 0.15) is 5.65 Å². The molecule has 1 atom stereocenters. The molecule has 0 aliphatic carbocycles. The molecular formula is C19H19N3O. The highest BCUT2D eigenvalue weighted by Gasteiger charge is 2.25. The first kappa shape index (κ1) is 14.0. The summed E-state index contributed by atoms with van der Waals surface area (Å²) in [4.78, 5) is 19.4. The van der Waals surface area contributed by atoms with Crippen molar-refractivity contribution >= 4 is 11.3 Å². The molecule has 0 saturated carbocycles. The van der Waals surface area contributed by atoms with Crippen molar-refractivity contribution in [2.24, 2.45) is 0 Å². The zero-order chi connectivity index (χ0) is 16.0. The Morgan fingerprint density at radius 3 is 2.91 bits per heavy atom. The maximum absolute atomic E-state index is 12.4.